The lowest BCUT2D eigenvalue weighted by Crippen LogP contribution is -2.36. The predicted molar refractivity (Wildman–Crippen MR) is 75.6 cm³/mol. The highest BCUT2D eigenvalue weighted by Crippen LogP contribution is 2.24. The third kappa shape index (κ3) is 3.33. The number of hydrogen-bond donors (Lipinski definition) is 0. The molecule has 0 spiro atoms. The van der Waals surface area contributed by atoms with Crippen molar-refractivity contribution in [1.29, 1.82) is 0 Å². The molecule has 11 heteroatoms. The van der Waals surface area contributed by atoms with Gasteiger partial charge in [-0.2, -0.15) is 13.2 Å². The van der Waals surface area contributed by atoms with Gasteiger partial charge in [0.25, 0.3) is 0 Å². The minimum absolute atomic E-state index is 0.0849. The minimum Gasteiger partial charge on any atom is -0.741 e. The van der Waals surface area contributed by atoms with Crippen molar-refractivity contribution in [3.05, 3.63) is 53.1 Å². The van der Waals surface area contributed by atoms with Crippen molar-refractivity contribution in [1.82, 2.24) is 4.57 Å². The second-order valence-corrected chi connectivity index (χ2v) is 6.51. The van der Waals surface area contributed by atoms with Gasteiger partial charge < -0.3 is 4.55 Å². The van der Waals surface area contributed by atoms with E-state index in [-0.39, 0.29) is 11.6 Å². The first-order valence-electron chi connectivity index (χ1n) is 6.61. The maximum Gasteiger partial charge on any atom is 0.485 e. The second kappa shape index (κ2) is 6.08. The summed E-state index contributed by atoms with van der Waals surface area (Å²) in [4.78, 5) is 24.6. The molecule has 2 aromatic rings. The number of nitrogens with zero attached hydrogens (tertiary/aromatic N) is 2. The van der Waals surface area contributed by atoms with Gasteiger partial charge >= 0.3 is 5.51 Å². The Labute approximate surface area is 140 Å². The molecule has 0 aliphatic heterocycles. The zero-order valence-corrected chi connectivity index (χ0v) is 13.7. The Hall–Kier alpha value is -2.53. The number of carbonyl (C=O) groups excluding carboxylic acids is 2. The van der Waals surface area contributed by atoms with Crippen LogP contribution >= 0.6 is 0 Å². The van der Waals surface area contributed by atoms with Crippen LogP contribution in [0.15, 0.2) is 30.6 Å². The molecule has 0 unspecified atom stereocenters. The summed E-state index contributed by atoms with van der Waals surface area (Å²) >= 11 is 0. The summed E-state index contributed by atoms with van der Waals surface area (Å²) in [7, 11) is -2.54. The van der Waals surface area contributed by atoms with E-state index in [9.17, 15) is 22.8 Å². The first-order chi connectivity index (χ1) is 11.4. The molecule has 7 nitrogen and oxygen atoms in total. The molecule has 1 aromatic carbocycles. The molecule has 0 saturated carbocycles. The molecular weight excluding hydrogens is 365 g/mol. The molecule has 0 radical (unpaired) electrons. The van der Waals surface area contributed by atoms with Crippen LogP contribution in [0.25, 0.3) is 0 Å². The number of imidazole rings is 1. The first kappa shape index (κ1) is 18.8. The van der Waals surface area contributed by atoms with Gasteiger partial charge in [0.05, 0.1) is 14.1 Å². The number of benzene rings is 1. The highest BCUT2D eigenvalue weighted by molar-refractivity contribution is 7.86. The summed E-state index contributed by atoms with van der Waals surface area (Å²) in [5, 5.41) is 0. The largest absolute Gasteiger partial charge is 0.741 e. The van der Waals surface area contributed by atoms with Gasteiger partial charge in [-0.1, -0.05) is 24.3 Å². The summed E-state index contributed by atoms with van der Waals surface area (Å²) in [6.45, 7) is 0. The lowest BCUT2D eigenvalue weighted by atomic mass is 9.90. The molecule has 0 atom stereocenters. The Morgan fingerprint density at radius 3 is 1.96 bits per heavy atom. The first-order valence-corrected chi connectivity index (χ1v) is 8.02. The van der Waals surface area contributed by atoms with E-state index in [0.29, 0.717) is 22.5 Å². The molecule has 0 amide bonds. The van der Waals surface area contributed by atoms with E-state index >= 15 is 0 Å². The van der Waals surface area contributed by atoms with Gasteiger partial charge in [0, 0.05) is 11.1 Å². The molecule has 1 aromatic heterocycles. The predicted octanol–water partition coefficient (Wildman–Crippen LogP) is 0.676. The van der Waals surface area contributed by atoms with Crippen LogP contribution in [0.3, 0.4) is 0 Å². The van der Waals surface area contributed by atoms with Crippen molar-refractivity contribution >= 4 is 21.7 Å². The number of aromatic nitrogens is 2. The van der Waals surface area contributed by atoms with Gasteiger partial charge in [0.2, 0.25) is 29.3 Å². The summed E-state index contributed by atoms with van der Waals surface area (Å²) in [6, 6.07) is 6.95. The van der Waals surface area contributed by atoms with E-state index in [1.54, 1.807) is 53.8 Å². The maximum absolute atomic E-state index is 12.3. The van der Waals surface area contributed by atoms with E-state index in [1.807, 2.05) is 0 Å². The fourth-order valence-electron chi connectivity index (χ4n) is 2.38. The average molecular weight is 376 g/mol. The number of hydrogen-bond acceptors (Lipinski definition) is 5. The molecular formula is C14H11F3N2O5S. The fourth-order valence-corrected chi connectivity index (χ4v) is 2.38. The SMILES string of the molecule is Cn1c[n+](C)c2c1C(=O)c1ccccc1C2=O.O=S(=O)([O-])C(F)(F)F. The smallest absolute Gasteiger partial charge is 0.485 e. The van der Waals surface area contributed by atoms with E-state index < -0.39 is 15.6 Å². The van der Waals surface area contributed by atoms with Crippen LogP contribution in [0, 0.1) is 0 Å². The van der Waals surface area contributed by atoms with Gasteiger partial charge in [-0.25, -0.2) is 17.6 Å². The minimum atomic E-state index is -6.09. The van der Waals surface area contributed by atoms with E-state index in [4.69, 9.17) is 13.0 Å². The quantitative estimate of drug-likeness (QED) is 0.326. The van der Waals surface area contributed by atoms with Gasteiger partial charge in [-0.3, -0.25) is 9.59 Å². The van der Waals surface area contributed by atoms with Crippen molar-refractivity contribution < 1.29 is 40.3 Å². The van der Waals surface area contributed by atoms with Crippen molar-refractivity contribution in [3.8, 4) is 0 Å². The van der Waals surface area contributed by atoms with Crippen LogP contribution in [0.2, 0.25) is 0 Å². The third-order valence-corrected chi connectivity index (χ3v) is 3.97. The summed E-state index contributed by atoms with van der Waals surface area (Å²) in [5.74, 6) is -0.170. The van der Waals surface area contributed by atoms with Crippen LogP contribution in [0.1, 0.15) is 32.1 Å². The van der Waals surface area contributed by atoms with Crippen molar-refractivity contribution in [3.63, 3.8) is 0 Å². The molecule has 134 valence electrons. The molecule has 1 aliphatic carbocycles. The van der Waals surface area contributed by atoms with E-state index in [0.717, 1.165) is 0 Å². The molecule has 0 saturated heterocycles. The Morgan fingerprint density at radius 1 is 1.08 bits per heavy atom. The summed E-state index contributed by atoms with van der Waals surface area (Å²) in [5.41, 5.74) is -3.72. The number of fused-ring (bicyclic) bond motifs is 2. The molecule has 1 heterocycles. The van der Waals surface area contributed by atoms with Gasteiger partial charge in [-0.05, 0) is 0 Å². The zero-order chi connectivity index (χ0) is 19.2. The fraction of sp³-hybridized carbons (Fsp3) is 0.214. The van der Waals surface area contributed by atoms with Crippen molar-refractivity contribution in [2.75, 3.05) is 0 Å². The molecule has 0 N–H and O–H groups in total. The average Bonchev–Trinajstić information content (AvgIpc) is 2.78. The van der Waals surface area contributed by atoms with E-state index in [2.05, 4.69) is 0 Å². The lowest BCUT2D eigenvalue weighted by Gasteiger charge is -2.11. The molecule has 3 rings (SSSR count). The number of halogens is 3. The molecule has 0 bridgehead atoms. The highest BCUT2D eigenvalue weighted by atomic mass is 32.2. The number of carbonyl (C=O) groups is 2. The second-order valence-electron chi connectivity index (χ2n) is 5.14. The monoisotopic (exact) mass is 376 g/mol. The maximum atomic E-state index is 12.3. The Morgan fingerprint density at radius 2 is 1.52 bits per heavy atom. The summed E-state index contributed by atoms with van der Waals surface area (Å²) in [6.07, 6.45) is 1.74. The molecule has 1 aliphatic rings. The Kier molecular flexibility index (Phi) is 4.57. The van der Waals surface area contributed by atoms with Crippen LogP contribution in [-0.2, 0) is 24.2 Å². The van der Waals surface area contributed by atoms with Crippen LogP contribution in [0.5, 0.6) is 0 Å². The standard InChI is InChI=1S/C13H11N2O2.CHF3O3S/c1-14-7-15(2)11-10(14)12(16)8-5-3-4-6-9(8)13(11)17;2-1(3,4)8(5,6)7/h3-7H,1-2H3;(H,5,6,7)/q+1;/p-1. The van der Waals surface area contributed by atoms with Crippen LogP contribution < -0.4 is 4.57 Å². The van der Waals surface area contributed by atoms with Gasteiger partial charge in [0.15, 0.2) is 10.1 Å². The van der Waals surface area contributed by atoms with E-state index in [1.165, 1.54) is 0 Å². The molecule has 0 fully saturated rings. The number of aryl methyl sites for hydroxylation is 2. The number of ketones is 2. The summed E-state index contributed by atoms with van der Waals surface area (Å²) < 4.78 is 62.3. The Bertz CT molecular complexity index is 921. The van der Waals surface area contributed by atoms with Crippen LogP contribution in [-0.4, -0.2) is 34.6 Å². The normalized spacial score (nSPS) is 13.7. The third-order valence-electron chi connectivity index (χ3n) is 3.41. The number of alkyl halides is 3. The topological polar surface area (TPSA) is 100 Å². The van der Waals surface area contributed by atoms with Crippen molar-refractivity contribution in [2.45, 2.75) is 5.51 Å². The Balaban J connectivity index is 0.000000242. The zero-order valence-electron chi connectivity index (χ0n) is 12.9. The highest BCUT2D eigenvalue weighted by Gasteiger charge is 2.39. The number of rotatable bonds is 0. The lowest BCUT2D eigenvalue weighted by molar-refractivity contribution is -0.672. The van der Waals surface area contributed by atoms with Gasteiger partial charge in [-0.15, -0.1) is 0 Å². The molecule has 25 heavy (non-hydrogen) atoms. The van der Waals surface area contributed by atoms with Gasteiger partial charge in [0.1, 0.15) is 0 Å². The van der Waals surface area contributed by atoms with Crippen molar-refractivity contribution in [2.24, 2.45) is 14.1 Å². The van der Waals surface area contributed by atoms with Crippen LogP contribution in [0.4, 0.5) is 13.2 Å².